The molecule has 0 aliphatic heterocycles. The van der Waals surface area contributed by atoms with E-state index in [4.69, 9.17) is 0 Å². The van der Waals surface area contributed by atoms with Gasteiger partial charge in [-0.25, -0.2) is 0 Å². The summed E-state index contributed by atoms with van der Waals surface area (Å²) in [5.41, 5.74) is 4.07. The molecule has 0 aliphatic rings. The van der Waals surface area contributed by atoms with Crippen LogP contribution in [0.2, 0.25) is 0 Å². The summed E-state index contributed by atoms with van der Waals surface area (Å²) >= 11 is 3.48. The number of benzene rings is 3. The van der Waals surface area contributed by atoms with Crippen molar-refractivity contribution in [3.63, 3.8) is 0 Å². The van der Waals surface area contributed by atoms with Crippen LogP contribution in [0.5, 0.6) is 0 Å². The highest BCUT2D eigenvalue weighted by atomic mass is 79.9. The zero-order chi connectivity index (χ0) is 24.5. The summed E-state index contributed by atoms with van der Waals surface area (Å²) in [5.74, 6) is -0.179. The van der Waals surface area contributed by atoms with Crippen LogP contribution in [0.1, 0.15) is 42.5 Å². The van der Waals surface area contributed by atoms with E-state index in [0.717, 1.165) is 33.1 Å². The van der Waals surface area contributed by atoms with Gasteiger partial charge in [-0.15, -0.1) is 0 Å². The molecule has 4 nitrogen and oxygen atoms in total. The Morgan fingerprint density at radius 3 is 2.24 bits per heavy atom. The Morgan fingerprint density at radius 2 is 1.59 bits per heavy atom. The van der Waals surface area contributed by atoms with Crippen LogP contribution >= 0.6 is 15.9 Å². The van der Waals surface area contributed by atoms with Crippen molar-refractivity contribution in [3.05, 3.63) is 106 Å². The van der Waals surface area contributed by atoms with Gasteiger partial charge < -0.3 is 10.2 Å². The van der Waals surface area contributed by atoms with E-state index in [2.05, 4.69) is 21.2 Å². The molecule has 0 spiro atoms. The van der Waals surface area contributed by atoms with E-state index in [-0.39, 0.29) is 24.3 Å². The number of nitrogens with zero attached hydrogens (tertiary/aromatic N) is 1. The molecule has 0 saturated heterocycles. The topological polar surface area (TPSA) is 49.4 Å². The zero-order valence-corrected chi connectivity index (χ0v) is 21.7. The molecule has 3 aromatic carbocycles. The highest BCUT2D eigenvalue weighted by Gasteiger charge is 2.31. The Balaban J connectivity index is 1.96. The predicted octanol–water partition coefficient (Wildman–Crippen LogP) is 5.85. The van der Waals surface area contributed by atoms with Gasteiger partial charge in [0.05, 0.1) is 6.42 Å². The van der Waals surface area contributed by atoms with Crippen molar-refractivity contribution >= 4 is 27.7 Å². The zero-order valence-electron chi connectivity index (χ0n) is 20.1. The summed E-state index contributed by atoms with van der Waals surface area (Å²) in [7, 11) is 0. The van der Waals surface area contributed by atoms with Crippen LogP contribution in [-0.2, 0) is 29.0 Å². The maximum atomic E-state index is 13.7. The van der Waals surface area contributed by atoms with Crippen LogP contribution in [0, 0.1) is 6.92 Å². The number of carbonyl (C=O) groups is 2. The molecule has 2 atom stereocenters. The molecule has 3 aromatic rings. The first-order valence-corrected chi connectivity index (χ1v) is 12.6. The molecule has 0 fully saturated rings. The molecule has 2 unspecified atom stereocenters. The molecule has 0 aromatic heterocycles. The Morgan fingerprint density at radius 1 is 0.912 bits per heavy atom. The molecular formula is C29H33BrN2O2. The summed E-state index contributed by atoms with van der Waals surface area (Å²) in [6, 6.07) is 25.2. The monoisotopic (exact) mass is 520 g/mol. The van der Waals surface area contributed by atoms with Crippen molar-refractivity contribution in [1.82, 2.24) is 10.2 Å². The lowest BCUT2D eigenvalue weighted by molar-refractivity contribution is -0.141. The average molecular weight is 521 g/mol. The minimum absolute atomic E-state index is 0.0344. The lowest BCUT2D eigenvalue weighted by Crippen LogP contribution is -2.52. The van der Waals surface area contributed by atoms with E-state index < -0.39 is 6.04 Å². The second-order valence-electron chi connectivity index (χ2n) is 8.84. The number of hydrogen-bond donors (Lipinski definition) is 1. The first kappa shape index (κ1) is 25.7. The lowest BCUT2D eigenvalue weighted by Gasteiger charge is -2.32. The third-order valence-corrected chi connectivity index (χ3v) is 6.50. The number of hydrogen-bond acceptors (Lipinski definition) is 2. The molecule has 34 heavy (non-hydrogen) atoms. The number of nitrogens with one attached hydrogen (secondary N) is 1. The summed E-state index contributed by atoms with van der Waals surface area (Å²) in [6.45, 7) is 6.42. The third-order valence-electron chi connectivity index (χ3n) is 5.98. The molecule has 0 saturated carbocycles. The van der Waals surface area contributed by atoms with Gasteiger partial charge in [-0.3, -0.25) is 9.59 Å². The number of rotatable bonds is 10. The summed E-state index contributed by atoms with van der Waals surface area (Å²) in [6.07, 6.45) is 1.53. The molecular weight excluding hydrogens is 488 g/mol. The van der Waals surface area contributed by atoms with E-state index in [1.54, 1.807) is 4.90 Å². The highest BCUT2D eigenvalue weighted by molar-refractivity contribution is 9.10. The fraction of sp³-hybridized carbons (Fsp3) is 0.310. The van der Waals surface area contributed by atoms with Crippen molar-refractivity contribution in [1.29, 1.82) is 0 Å². The van der Waals surface area contributed by atoms with Crippen LogP contribution < -0.4 is 5.32 Å². The molecule has 0 aliphatic carbocycles. The number of amides is 2. The van der Waals surface area contributed by atoms with E-state index >= 15 is 0 Å². The van der Waals surface area contributed by atoms with Gasteiger partial charge in [-0.1, -0.05) is 95.1 Å². The molecule has 2 amide bonds. The van der Waals surface area contributed by atoms with Gasteiger partial charge in [0.2, 0.25) is 11.8 Å². The lowest BCUT2D eigenvalue weighted by atomic mass is 10.0. The van der Waals surface area contributed by atoms with Crippen molar-refractivity contribution in [2.24, 2.45) is 0 Å². The molecule has 0 bridgehead atoms. The van der Waals surface area contributed by atoms with E-state index in [0.29, 0.717) is 13.0 Å². The smallest absolute Gasteiger partial charge is 0.243 e. The van der Waals surface area contributed by atoms with Gasteiger partial charge in [0, 0.05) is 23.5 Å². The summed E-state index contributed by atoms with van der Waals surface area (Å²) in [4.78, 5) is 29.0. The van der Waals surface area contributed by atoms with Gasteiger partial charge in [0.25, 0.3) is 0 Å². The quantitative estimate of drug-likeness (QED) is 0.364. The summed E-state index contributed by atoms with van der Waals surface area (Å²) in [5, 5.41) is 3.11. The van der Waals surface area contributed by atoms with Gasteiger partial charge in [0.15, 0.2) is 0 Å². The van der Waals surface area contributed by atoms with Crippen LogP contribution in [0.4, 0.5) is 0 Å². The van der Waals surface area contributed by atoms with Crippen molar-refractivity contribution in [3.8, 4) is 0 Å². The maximum Gasteiger partial charge on any atom is 0.243 e. The normalized spacial score (nSPS) is 12.6. The average Bonchev–Trinajstić information content (AvgIpc) is 2.83. The maximum absolute atomic E-state index is 13.7. The molecule has 3 rings (SSSR count). The fourth-order valence-corrected chi connectivity index (χ4v) is 4.14. The third kappa shape index (κ3) is 7.56. The number of halogens is 1. The SMILES string of the molecule is CCC(C)NC(=O)C(Cc1ccccc1)N(Cc1ccc(Br)cc1)C(=O)Cc1cccc(C)c1. The van der Waals surface area contributed by atoms with Crippen LogP contribution in [0.25, 0.3) is 0 Å². The standard InChI is InChI=1S/C29H33BrN2O2/c1-4-22(3)31-29(34)27(18-23-10-6-5-7-11-23)32(20-24-13-15-26(30)16-14-24)28(33)19-25-12-8-9-21(2)17-25/h5-17,22,27H,4,18-20H2,1-3H3,(H,31,34). The second kappa shape index (κ2) is 12.5. The largest absolute Gasteiger partial charge is 0.352 e. The Kier molecular flexibility index (Phi) is 9.46. The molecule has 178 valence electrons. The number of aryl methyl sites for hydroxylation is 1. The second-order valence-corrected chi connectivity index (χ2v) is 9.75. The van der Waals surface area contributed by atoms with Gasteiger partial charge in [-0.05, 0) is 49.1 Å². The molecule has 5 heteroatoms. The van der Waals surface area contributed by atoms with Gasteiger partial charge in [0.1, 0.15) is 6.04 Å². The number of carbonyl (C=O) groups excluding carboxylic acids is 2. The van der Waals surface area contributed by atoms with E-state index in [9.17, 15) is 9.59 Å². The Bertz CT molecular complexity index is 1080. The fourth-order valence-electron chi connectivity index (χ4n) is 3.88. The molecule has 0 heterocycles. The minimum atomic E-state index is -0.614. The first-order chi connectivity index (χ1) is 16.4. The predicted molar refractivity (Wildman–Crippen MR) is 141 cm³/mol. The van der Waals surface area contributed by atoms with Crippen LogP contribution in [0.15, 0.2) is 83.3 Å². The summed E-state index contributed by atoms with van der Waals surface area (Å²) < 4.78 is 0.976. The van der Waals surface area contributed by atoms with E-state index in [1.807, 2.05) is 99.6 Å². The van der Waals surface area contributed by atoms with E-state index in [1.165, 1.54) is 0 Å². The molecule has 1 N–H and O–H groups in total. The Labute approximate surface area is 211 Å². The van der Waals surface area contributed by atoms with Crippen LogP contribution in [0.3, 0.4) is 0 Å². The van der Waals surface area contributed by atoms with Gasteiger partial charge >= 0.3 is 0 Å². The minimum Gasteiger partial charge on any atom is -0.352 e. The Hall–Kier alpha value is -2.92. The van der Waals surface area contributed by atoms with Crippen molar-refractivity contribution in [2.75, 3.05) is 0 Å². The highest BCUT2D eigenvalue weighted by Crippen LogP contribution is 2.19. The van der Waals surface area contributed by atoms with Gasteiger partial charge in [-0.2, -0.15) is 0 Å². The molecule has 0 radical (unpaired) electrons. The van der Waals surface area contributed by atoms with Crippen LogP contribution in [-0.4, -0.2) is 28.8 Å². The van der Waals surface area contributed by atoms with Crippen molar-refractivity contribution < 1.29 is 9.59 Å². The first-order valence-electron chi connectivity index (χ1n) is 11.8. The van der Waals surface area contributed by atoms with Crippen molar-refractivity contribution in [2.45, 2.75) is 58.7 Å².